The fourth-order valence-corrected chi connectivity index (χ4v) is 2.49. The van der Waals surface area contributed by atoms with Gasteiger partial charge in [-0.25, -0.2) is 4.79 Å². The highest BCUT2D eigenvalue weighted by Crippen LogP contribution is 2.16. The van der Waals surface area contributed by atoms with Crippen molar-refractivity contribution in [1.29, 1.82) is 0 Å². The molecule has 0 saturated heterocycles. The lowest BCUT2D eigenvalue weighted by Gasteiger charge is -2.25. The number of pyridine rings is 1. The van der Waals surface area contributed by atoms with E-state index < -0.39 is 0 Å². The third kappa shape index (κ3) is 5.57. The molecule has 1 N–H and O–H groups in total. The van der Waals surface area contributed by atoms with Gasteiger partial charge in [-0.3, -0.25) is 4.98 Å². The summed E-state index contributed by atoms with van der Waals surface area (Å²) >= 11 is 0. The van der Waals surface area contributed by atoms with E-state index in [1.54, 1.807) is 18.1 Å². The number of nitrogens with zero attached hydrogens (tertiary/aromatic N) is 2. The van der Waals surface area contributed by atoms with E-state index in [9.17, 15) is 4.79 Å². The largest absolute Gasteiger partial charge is 0.377 e. The van der Waals surface area contributed by atoms with E-state index in [2.05, 4.69) is 17.2 Å². The summed E-state index contributed by atoms with van der Waals surface area (Å²) in [4.78, 5) is 18.4. The van der Waals surface area contributed by atoms with Gasteiger partial charge in [-0.2, -0.15) is 0 Å². The van der Waals surface area contributed by atoms with Crippen molar-refractivity contribution in [3.63, 3.8) is 0 Å². The molecule has 0 radical (unpaired) electrons. The first kappa shape index (κ1) is 18.9. The summed E-state index contributed by atoms with van der Waals surface area (Å²) in [5.41, 5.74) is 3.05. The zero-order valence-electron chi connectivity index (χ0n) is 15.2. The lowest BCUT2D eigenvalue weighted by molar-refractivity contribution is 0.121. The van der Waals surface area contributed by atoms with Crippen LogP contribution in [0.1, 0.15) is 43.1 Å². The smallest absolute Gasteiger partial charge is 0.317 e. The zero-order chi connectivity index (χ0) is 18.1. The van der Waals surface area contributed by atoms with Crippen molar-refractivity contribution in [3.05, 3.63) is 65.5 Å². The summed E-state index contributed by atoms with van der Waals surface area (Å²) in [6, 6.07) is 13.5. The molecule has 25 heavy (non-hydrogen) atoms. The molecule has 1 atom stereocenters. The van der Waals surface area contributed by atoms with E-state index in [0.29, 0.717) is 13.2 Å². The summed E-state index contributed by atoms with van der Waals surface area (Å²) in [6.07, 6.45) is 2.74. The van der Waals surface area contributed by atoms with E-state index >= 15 is 0 Å². The Balaban J connectivity index is 1.93. The second-order valence-corrected chi connectivity index (χ2v) is 6.02. The standard InChI is InChI=1S/C20H27N3O2/c1-4-13-25-15-18-10-6-5-9-17(18)14-22-20(24)23(3)16(2)19-11-7-8-12-21-19/h5-12,16H,4,13-15H2,1-3H3,(H,22,24). The normalized spacial score (nSPS) is 11.8. The van der Waals surface area contributed by atoms with Crippen molar-refractivity contribution in [2.75, 3.05) is 13.7 Å². The van der Waals surface area contributed by atoms with Crippen molar-refractivity contribution in [2.45, 2.75) is 39.5 Å². The lowest BCUT2D eigenvalue weighted by Crippen LogP contribution is -2.38. The van der Waals surface area contributed by atoms with Gasteiger partial charge in [0.1, 0.15) is 0 Å². The van der Waals surface area contributed by atoms with E-state index in [1.165, 1.54) is 0 Å². The van der Waals surface area contributed by atoms with Gasteiger partial charge in [0.05, 0.1) is 18.3 Å². The summed E-state index contributed by atoms with van der Waals surface area (Å²) in [6.45, 7) is 5.84. The molecule has 0 saturated carbocycles. The number of hydrogen-bond donors (Lipinski definition) is 1. The van der Waals surface area contributed by atoms with E-state index in [4.69, 9.17) is 4.74 Å². The Bertz CT molecular complexity index is 661. The predicted octanol–water partition coefficient (Wildman–Crippen LogP) is 3.91. The Hall–Kier alpha value is -2.40. The molecule has 134 valence electrons. The van der Waals surface area contributed by atoms with Crippen molar-refractivity contribution < 1.29 is 9.53 Å². The van der Waals surface area contributed by atoms with Crippen molar-refractivity contribution in [2.24, 2.45) is 0 Å². The minimum atomic E-state index is -0.123. The van der Waals surface area contributed by atoms with Gasteiger partial charge in [0, 0.05) is 26.4 Å². The SMILES string of the molecule is CCCOCc1ccccc1CNC(=O)N(C)C(C)c1ccccn1. The van der Waals surface area contributed by atoms with Crippen molar-refractivity contribution in [1.82, 2.24) is 15.2 Å². The van der Waals surface area contributed by atoms with Crippen LogP contribution in [-0.4, -0.2) is 29.6 Å². The zero-order valence-corrected chi connectivity index (χ0v) is 15.2. The summed E-state index contributed by atoms with van der Waals surface area (Å²) < 4.78 is 5.63. The van der Waals surface area contributed by atoms with Gasteiger partial charge in [0.25, 0.3) is 0 Å². The maximum Gasteiger partial charge on any atom is 0.317 e. The summed E-state index contributed by atoms with van der Waals surface area (Å²) in [7, 11) is 1.78. The van der Waals surface area contributed by atoms with Crippen LogP contribution in [0.2, 0.25) is 0 Å². The van der Waals surface area contributed by atoms with Crippen LogP contribution in [0.3, 0.4) is 0 Å². The minimum Gasteiger partial charge on any atom is -0.377 e. The fraction of sp³-hybridized carbons (Fsp3) is 0.400. The number of ether oxygens (including phenoxy) is 1. The van der Waals surface area contributed by atoms with Gasteiger partial charge >= 0.3 is 6.03 Å². The molecular formula is C20H27N3O2. The molecule has 1 aromatic carbocycles. The second kappa shape index (κ2) is 9.79. The highest BCUT2D eigenvalue weighted by molar-refractivity contribution is 5.74. The van der Waals surface area contributed by atoms with Crippen LogP contribution in [0.15, 0.2) is 48.7 Å². The Kier molecular flexibility index (Phi) is 7.41. The Morgan fingerprint density at radius 1 is 1.20 bits per heavy atom. The molecule has 0 aliphatic rings. The van der Waals surface area contributed by atoms with Crippen LogP contribution < -0.4 is 5.32 Å². The molecule has 0 bridgehead atoms. The van der Waals surface area contributed by atoms with Crippen LogP contribution in [0.5, 0.6) is 0 Å². The number of carbonyl (C=O) groups is 1. The monoisotopic (exact) mass is 341 g/mol. The number of rotatable bonds is 8. The molecule has 0 spiro atoms. The summed E-state index contributed by atoms with van der Waals surface area (Å²) in [5.74, 6) is 0. The Labute approximate surface area is 150 Å². The fourth-order valence-electron chi connectivity index (χ4n) is 2.49. The average Bonchev–Trinajstić information content (AvgIpc) is 2.66. The van der Waals surface area contributed by atoms with E-state index in [1.807, 2.05) is 49.4 Å². The van der Waals surface area contributed by atoms with Crippen LogP contribution in [0, 0.1) is 0 Å². The van der Waals surface area contributed by atoms with Gasteiger partial charge in [-0.15, -0.1) is 0 Å². The third-order valence-electron chi connectivity index (χ3n) is 4.17. The van der Waals surface area contributed by atoms with E-state index in [0.717, 1.165) is 29.8 Å². The molecule has 1 heterocycles. The number of amides is 2. The number of hydrogen-bond acceptors (Lipinski definition) is 3. The second-order valence-electron chi connectivity index (χ2n) is 6.02. The quantitative estimate of drug-likeness (QED) is 0.741. The lowest BCUT2D eigenvalue weighted by atomic mass is 10.1. The maximum absolute atomic E-state index is 12.5. The number of benzene rings is 1. The molecule has 0 fully saturated rings. The summed E-state index contributed by atoms with van der Waals surface area (Å²) in [5, 5.41) is 2.98. The first-order valence-electron chi connectivity index (χ1n) is 8.69. The van der Waals surface area contributed by atoms with Gasteiger partial charge in [-0.1, -0.05) is 37.3 Å². The van der Waals surface area contributed by atoms with Crippen molar-refractivity contribution in [3.8, 4) is 0 Å². The Morgan fingerprint density at radius 3 is 2.60 bits per heavy atom. The highest BCUT2D eigenvalue weighted by Gasteiger charge is 2.18. The molecule has 1 unspecified atom stereocenters. The third-order valence-corrected chi connectivity index (χ3v) is 4.17. The maximum atomic E-state index is 12.5. The number of carbonyl (C=O) groups excluding carboxylic acids is 1. The van der Waals surface area contributed by atoms with Gasteiger partial charge in [0.2, 0.25) is 0 Å². The van der Waals surface area contributed by atoms with E-state index in [-0.39, 0.29) is 12.1 Å². The molecule has 1 aromatic heterocycles. The van der Waals surface area contributed by atoms with Crippen molar-refractivity contribution >= 4 is 6.03 Å². The number of urea groups is 1. The molecule has 5 heteroatoms. The van der Waals surface area contributed by atoms with Crippen LogP contribution in [-0.2, 0) is 17.9 Å². The molecule has 2 amide bonds. The van der Waals surface area contributed by atoms with Gasteiger partial charge in [0.15, 0.2) is 0 Å². The minimum absolute atomic E-state index is 0.0932. The van der Waals surface area contributed by atoms with Gasteiger partial charge in [-0.05, 0) is 36.6 Å². The van der Waals surface area contributed by atoms with Crippen LogP contribution >= 0.6 is 0 Å². The van der Waals surface area contributed by atoms with Gasteiger partial charge < -0.3 is 15.0 Å². The first-order valence-corrected chi connectivity index (χ1v) is 8.69. The molecule has 0 aliphatic heterocycles. The predicted molar refractivity (Wildman–Crippen MR) is 99.0 cm³/mol. The topological polar surface area (TPSA) is 54.5 Å². The molecule has 2 aromatic rings. The Morgan fingerprint density at radius 2 is 1.92 bits per heavy atom. The first-order chi connectivity index (χ1) is 12.1. The molecule has 5 nitrogen and oxygen atoms in total. The molecule has 2 rings (SSSR count). The average molecular weight is 341 g/mol. The number of nitrogens with one attached hydrogen (secondary N) is 1. The molecule has 0 aliphatic carbocycles. The number of aromatic nitrogens is 1. The van der Waals surface area contributed by atoms with Crippen LogP contribution in [0.4, 0.5) is 4.79 Å². The highest BCUT2D eigenvalue weighted by atomic mass is 16.5. The van der Waals surface area contributed by atoms with Crippen LogP contribution in [0.25, 0.3) is 0 Å². The molecular weight excluding hydrogens is 314 g/mol.